The lowest BCUT2D eigenvalue weighted by Gasteiger charge is -2.03. The summed E-state index contributed by atoms with van der Waals surface area (Å²) in [6.45, 7) is 5.25. The molecule has 0 rings (SSSR count). The van der Waals surface area contributed by atoms with Gasteiger partial charge in [0.25, 0.3) is 0 Å². The maximum absolute atomic E-state index is 10.5. The number of halogens is 1. The van der Waals surface area contributed by atoms with E-state index in [0.29, 0.717) is 6.42 Å². The van der Waals surface area contributed by atoms with Crippen LogP contribution in [-0.4, -0.2) is 30.1 Å². The Bertz CT molecular complexity index is 120. The van der Waals surface area contributed by atoms with Gasteiger partial charge in [0, 0.05) is 26.1 Å². The second kappa shape index (κ2) is 9.41. The first-order valence-electron chi connectivity index (χ1n) is 4.24. The SMILES string of the molecule is CCCOCCNCCC(=O)I. The van der Waals surface area contributed by atoms with Crippen molar-refractivity contribution in [1.82, 2.24) is 5.32 Å². The van der Waals surface area contributed by atoms with Crippen LogP contribution in [0.1, 0.15) is 19.8 Å². The van der Waals surface area contributed by atoms with Gasteiger partial charge in [-0.2, -0.15) is 0 Å². The highest BCUT2D eigenvalue weighted by atomic mass is 127. The first-order chi connectivity index (χ1) is 5.77. The average molecular weight is 285 g/mol. The third-order valence-corrected chi connectivity index (χ3v) is 1.81. The maximum atomic E-state index is 10.5. The van der Waals surface area contributed by atoms with Gasteiger partial charge in [0.15, 0.2) is 3.79 Å². The summed E-state index contributed by atoms with van der Waals surface area (Å²) in [6, 6.07) is 0. The number of ether oxygens (including phenoxy) is 1. The number of rotatable bonds is 8. The fraction of sp³-hybridized carbons (Fsp3) is 0.875. The molecule has 0 saturated heterocycles. The lowest BCUT2D eigenvalue weighted by Crippen LogP contribution is -2.21. The number of nitrogens with one attached hydrogen (secondary N) is 1. The Morgan fingerprint density at radius 3 is 2.75 bits per heavy atom. The summed E-state index contributed by atoms with van der Waals surface area (Å²) in [4.78, 5) is 10.5. The van der Waals surface area contributed by atoms with E-state index in [1.807, 2.05) is 0 Å². The Morgan fingerprint density at radius 2 is 2.17 bits per heavy atom. The summed E-state index contributed by atoms with van der Waals surface area (Å²) in [5, 5.41) is 3.12. The Morgan fingerprint density at radius 1 is 1.42 bits per heavy atom. The number of carbonyl (C=O) groups is 1. The molecule has 0 radical (unpaired) electrons. The van der Waals surface area contributed by atoms with Crippen LogP contribution < -0.4 is 5.32 Å². The molecule has 0 amide bonds. The van der Waals surface area contributed by atoms with E-state index in [9.17, 15) is 4.79 Å². The quantitative estimate of drug-likeness (QED) is 0.416. The van der Waals surface area contributed by atoms with Gasteiger partial charge in [-0.25, -0.2) is 0 Å². The van der Waals surface area contributed by atoms with Crippen LogP contribution in [0.25, 0.3) is 0 Å². The summed E-state index contributed by atoms with van der Waals surface area (Å²) >= 11 is 1.81. The van der Waals surface area contributed by atoms with Crippen molar-refractivity contribution in [2.45, 2.75) is 19.8 Å². The van der Waals surface area contributed by atoms with Gasteiger partial charge in [-0.05, 0) is 29.0 Å². The van der Waals surface area contributed by atoms with Crippen LogP contribution in [0.2, 0.25) is 0 Å². The van der Waals surface area contributed by atoms with E-state index in [-0.39, 0.29) is 3.79 Å². The molecule has 4 heteroatoms. The second-order valence-corrected chi connectivity index (χ2v) is 3.67. The number of hydrogen-bond acceptors (Lipinski definition) is 3. The summed E-state index contributed by atoms with van der Waals surface area (Å²) in [5.41, 5.74) is 0. The summed E-state index contributed by atoms with van der Waals surface area (Å²) in [7, 11) is 0. The minimum atomic E-state index is 0.203. The molecule has 12 heavy (non-hydrogen) atoms. The van der Waals surface area contributed by atoms with E-state index in [1.165, 1.54) is 0 Å². The smallest absolute Gasteiger partial charge is 0.193 e. The van der Waals surface area contributed by atoms with Crippen molar-refractivity contribution >= 4 is 26.4 Å². The highest BCUT2D eigenvalue weighted by Crippen LogP contribution is 1.89. The molecule has 72 valence electrons. The topological polar surface area (TPSA) is 38.3 Å². The molecule has 0 aliphatic carbocycles. The van der Waals surface area contributed by atoms with Gasteiger partial charge in [-0.3, -0.25) is 4.79 Å². The van der Waals surface area contributed by atoms with Crippen molar-refractivity contribution in [3.63, 3.8) is 0 Å². The monoisotopic (exact) mass is 285 g/mol. The van der Waals surface area contributed by atoms with Crippen LogP contribution in [0.5, 0.6) is 0 Å². The zero-order chi connectivity index (χ0) is 9.23. The molecule has 0 bridgehead atoms. The van der Waals surface area contributed by atoms with Crippen LogP contribution in [0.15, 0.2) is 0 Å². The Balaban J connectivity index is 2.86. The molecule has 0 atom stereocenters. The van der Waals surface area contributed by atoms with Crippen LogP contribution in [0, 0.1) is 0 Å². The third-order valence-electron chi connectivity index (χ3n) is 1.27. The first kappa shape index (κ1) is 12.3. The number of hydrogen-bond donors (Lipinski definition) is 1. The van der Waals surface area contributed by atoms with Crippen molar-refractivity contribution in [2.75, 3.05) is 26.3 Å². The van der Waals surface area contributed by atoms with Crippen LogP contribution in [0.4, 0.5) is 0 Å². The zero-order valence-corrected chi connectivity index (χ0v) is 9.59. The van der Waals surface area contributed by atoms with E-state index in [2.05, 4.69) is 12.2 Å². The van der Waals surface area contributed by atoms with Crippen molar-refractivity contribution in [2.24, 2.45) is 0 Å². The molecule has 0 aromatic heterocycles. The standard InChI is InChI=1S/C8H16INO2/c1-2-6-12-7-5-10-4-3-8(9)11/h10H,2-7H2,1H3. The third kappa shape index (κ3) is 10.3. The molecule has 0 saturated carbocycles. The Labute approximate surface area is 87.4 Å². The van der Waals surface area contributed by atoms with E-state index in [4.69, 9.17) is 4.74 Å². The molecule has 0 fully saturated rings. The van der Waals surface area contributed by atoms with Crippen molar-refractivity contribution < 1.29 is 9.53 Å². The summed E-state index contributed by atoms with van der Waals surface area (Å²) < 4.78 is 5.44. The maximum Gasteiger partial charge on any atom is 0.193 e. The largest absolute Gasteiger partial charge is 0.380 e. The predicted octanol–water partition coefficient (Wildman–Crippen LogP) is 1.35. The molecule has 0 aromatic rings. The van der Waals surface area contributed by atoms with Crippen LogP contribution in [0.3, 0.4) is 0 Å². The highest BCUT2D eigenvalue weighted by Gasteiger charge is 1.93. The van der Waals surface area contributed by atoms with E-state index in [0.717, 1.165) is 32.7 Å². The molecule has 0 aromatic carbocycles. The van der Waals surface area contributed by atoms with Crippen LogP contribution >= 0.6 is 22.6 Å². The summed E-state index contributed by atoms with van der Waals surface area (Å²) in [5.74, 6) is 0. The van der Waals surface area contributed by atoms with Crippen molar-refractivity contribution in [1.29, 1.82) is 0 Å². The van der Waals surface area contributed by atoms with Gasteiger partial charge in [0.05, 0.1) is 6.61 Å². The van der Waals surface area contributed by atoms with E-state index >= 15 is 0 Å². The van der Waals surface area contributed by atoms with Gasteiger partial charge in [-0.1, -0.05) is 6.92 Å². The highest BCUT2D eigenvalue weighted by molar-refractivity contribution is 14.1. The van der Waals surface area contributed by atoms with Gasteiger partial charge in [0.2, 0.25) is 0 Å². The summed E-state index contributed by atoms with van der Waals surface area (Å²) in [6.07, 6.45) is 1.67. The molecule has 0 unspecified atom stereocenters. The number of carbonyl (C=O) groups excluding carboxylic acids is 1. The molecule has 0 heterocycles. The van der Waals surface area contributed by atoms with Crippen molar-refractivity contribution in [3.05, 3.63) is 0 Å². The van der Waals surface area contributed by atoms with Gasteiger partial charge in [0.1, 0.15) is 0 Å². The molecule has 0 spiro atoms. The Kier molecular flexibility index (Phi) is 9.66. The average Bonchev–Trinajstić information content (AvgIpc) is 2.02. The molecule has 0 aliphatic heterocycles. The lowest BCUT2D eigenvalue weighted by molar-refractivity contribution is -0.109. The fourth-order valence-electron chi connectivity index (χ4n) is 0.702. The van der Waals surface area contributed by atoms with E-state index in [1.54, 1.807) is 22.6 Å². The second-order valence-electron chi connectivity index (χ2n) is 2.47. The van der Waals surface area contributed by atoms with Gasteiger partial charge < -0.3 is 10.1 Å². The van der Waals surface area contributed by atoms with Gasteiger partial charge in [-0.15, -0.1) is 0 Å². The molecule has 3 nitrogen and oxygen atoms in total. The molecular formula is C8H16INO2. The Hall–Kier alpha value is 0.320. The van der Waals surface area contributed by atoms with E-state index < -0.39 is 0 Å². The minimum Gasteiger partial charge on any atom is -0.380 e. The minimum absolute atomic E-state index is 0.203. The van der Waals surface area contributed by atoms with Crippen molar-refractivity contribution in [3.8, 4) is 0 Å². The van der Waals surface area contributed by atoms with Crippen LogP contribution in [-0.2, 0) is 9.53 Å². The lowest BCUT2D eigenvalue weighted by atomic mass is 10.4. The molecular weight excluding hydrogens is 269 g/mol. The molecule has 1 N–H and O–H groups in total. The first-order valence-corrected chi connectivity index (χ1v) is 5.32. The van der Waals surface area contributed by atoms with Gasteiger partial charge >= 0.3 is 0 Å². The fourth-order valence-corrected chi connectivity index (χ4v) is 0.972. The molecule has 0 aliphatic rings. The predicted molar refractivity (Wildman–Crippen MR) is 57.6 cm³/mol. The normalized spacial score (nSPS) is 10.2. The zero-order valence-electron chi connectivity index (χ0n) is 7.44.